The molecule has 136 valence electrons. The highest BCUT2D eigenvalue weighted by Gasteiger charge is 2.24. The van der Waals surface area contributed by atoms with Crippen LogP contribution < -0.4 is 4.74 Å². The topological polar surface area (TPSA) is 73.3 Å². The molecule has 0 saturated carbocycles. The van der Waals surface area contributed by atoms with Gasteiger partial charge in [0.05, 0.1) is 15.8 Å². The van der Waals surface area contributed by atoms with E-state index in [4.69, 9.17) is 0 Å². The minimum atomic E-state index is -3.56. The van der Waals surface area contributed by atoms with Gasteiger partial charge >= 0.3 is 5.97 Å². The molecule has 2 aromatic carbocycles. The third-order valence-electron chi connectivity index (χ3n) is 3.19. The van der Waals surface area contributed by atoms with E-state index in [-0.39, 0.29) is 21.5 Å². The van der Waals surface area contributed by atoms with Gasteiger partial charge in [-0.3, -0.25) is 0 Å². The van der Waals surface area contributed by atoms with Crippen LogP contribution in [-0.4, -0.2) is 25.6 Å². The molecule has 3 rings (SSSR count). The number of carbonyl (C=O) groups is 1. The second-order valence-electron chi connectivity index (χ2n) is 5.12. The Morgan fingerprint density at radius 2 is 1.69 bits per heavy atom. The van der Waals surface area contributed by atoms with Crippen LogP contribution in [0.2, 0.25) is 0 Å². The smallest absolute Gasteiger partial charge is 0.343 e. The number of hydrogen-bond acceptors (Lipinski definition) is 6. The van der Waals surface area contributed by atoms with Gasteiger partial charge < -0.3 is 4.74 Å². The Balaban J connectivity index is 1.99. The summed E-state index contributed by atoms with van der Waals surface area (Å²) in [6.07, 6.45) is 0.962. The number of aromatic nitrogens is 1. The van der Waals surface area contributed by atoms with Crippen LogP contribution >= 0.6 is 11.3 Å². The molecule has 1 aromatic heterocycles. The van der Waals surface area contributed by atoms with Crippen molar-refractivity contribution in [1.29, 1.82) is 0 Å². The maximum Gasteiger partial charge on any atom is 0.343 e. The van der Waals surface area contributed by atoms with Crippen LogP contribution in [0.3, 0.4) is 0 Å². The number of nitrogens with zero attached hydrogens (tertiary/aromatic N) is 1. The summed E-state index contributed by atoms with van der Waals surface area (Å²) in [5, 5.41) is 0. The summed E-state index contributed by atoms with van der Waals surface area (Å²) < 4.78 is 81.0. The van der Waals surface area contributed by atoms with Crippen molar-refractivity contribution in [2.45, 2.75) is 4.34 Å². The average Bonchev–Trinajstić information content (AvgIpc) is 3.00. The van der Waals surface area contributed by atoms with Crippen LogP contribution in [0.25, 0.3) is 10.2 Å². The molecule has 26 heavy (non-hydrogen) atoms. The highest BCUT2D eigenvalue weighted by molar-refractivity contribution is 7.92. The number of rotatable bonds is 3. The maximum atomic E-state index is 13.6. The predicted octanol–water partition coefficient (Wildman–Crippen LogP) is 3.48. The van der Waals surface area contributed by atoms with Crippen LogP contribution in [0.5, 0.6) is 5.75 Å². The van der Waals surface area contributed by atoms with Gasteiger partial charge in [0, 0.05) is 12.3 Å². The number of sulfone groups is 1. The van der Waals surface area contributed by atoms with Crippen molar-refractivity contribution in [2.24, 2.45) is 0 Å². The zero-order valence-corrected chi connectivity index (χ0v) is 14.4. The Hall–Kier alpha value is -2.53. The van der Waals surface area contributed by atoms with E-state index in [1.807, 2.05) is 0 Å². The predicted molar refractivity (Wildman–Crippen MR) is 84.0 cm³/mol. The minimum Gasteiger partial charge on any atom is -0.416 e. The van der Waals surface area contributed by atoms with Crippen LogP contribution in [0.15, 0.2) is 28.6 Å². The van der Waals surface area contributed by atoms with Crippen molar-refractivity contribution in [3.63, 3.8) is 0 Å². The minimum absolute atomic E-state index is 0.0158. The van der Waals surface area contributed by atoms with Crippen molar-refractivity contribution in [3.05, 3.63) is 53.1 Å². The molecule has 0 N–H and O–H groups in total. The van der Waals surface area contributed by atoms with Gasteiger partial charge in [-0.2, -0.15) is 8.78 Å². The zero-order chi connectivity index (χ0) is 19.2. The van der Waals surface area contributed by atoms with E-state index < -0.39 is 44.8 Å². The zero-order valence-electron chi connectivity index (χ0n) is 12.7. The highest BCUT2D eigenvalue weighted by atomic mass is 32.2. The molecule has 0 radical (unpaired) electrons. The molecule has 0 aliphatic rings. The quantitative estimate of drug-likeness (QED) is 0.289. The van der Waals surface area contributed by atoms with E-state index in [0.717, 1.165) is 17.6 Å². The molecule has 5 nitrogen and oxygen atoms in total. The summed E-state index contributed by atoms with van der Waals surface area (Å²) in [6, 6.07) is 3.64. The second-order valence-corrected chi connectivity index (χ2v) is 8.34. The first kappa shape index (κ1) is 18.3. The maximum absolute atomic E-state index is 13.6. The van der Waals surface area contributed by atoms with E-state index in [0.29, 0.717) is 4.70 Å². The Morgan fingerprint density at radius 3 is 2.27 bits per heavy atom. The van der Waals surface area contributed by atoms with Gasteiger partial charge in [-0.1, -0.05) is 0 Å². The molecule has 1 heterocycles. The third-order valence-corrected chi connectivity index (χ3v) is 5.88. The van der Waals surface area contributed by atoms with Gasteiger partial charge in [0.1, 0.15) is 0 Å². The number of fused-ring (bicyclic) bond motifs is 1. The number of esters is 1. The van der Waals surface area contributed by atoms with E-state index in [1.165, 1.54) is 18.2 Å². The molecule has 3 aromatic rings. The number of hydrogen-bond donors (Lipinski definition) is 0. The van der Waals surface area contributed by atoms with Gasteiger partial charge in [0.15, 0.2) is 11.6 Å². The molecule has 0 saturated heterocycles. The van der Waals surface area contributed by atoms with E-state index in [1.54, 1.807) is 0 Å². The summed E-state index contributed by atoms with van der Waals surface area (Å²) in [5.41, 5.74) is 0.0609. The first-order chi connectivity index (χ1) is 12.1. The van der Waals surface area contributed by atoms with Crippen LogP contribution in [0, 0.1) is 23.3 Å². The van der Waals surface area contributed by atoms with Crippen LogP contribution in [-0.2, 0) is 9.84 Å². The van der Waals surface area contributed by atoms with Crippen LogP contribution in [0.4, 0.5) is 17.6 Å². The van der Waals surface area contributed by atoms with Gasteiger partial charge in [0.2, 0.25) is 31.6 Å². The first-order valence-electron chi connectivity index (χ1n) is 6.73. The van der Waals surface area contributed by atoms with Gasteiger partial charge in [-0.05, 0) is 18.2 Å². The van der Waals surface area contributed by atoms with E-state index >= 15 is 0 Å². The lowest BCUT2D eigenvalue weighted by Gasteiger charge is -2.07. The first-order valence-corrected chi connectivity index (χ1v) is 9.44. The normalized spacial score (nSPS) is 11.7. The lowest BCUT2D eigenvalue weighted by atomic mass is 10.2. The number of ether oxygens (including phenoxy) is 1. The van der Waals surface area contributed by atoms with Gasteiger partial charge in [-0.15, -0.1) is 11.3 Å². The summed E-state index contributed by atoms with van der Waals surface area (Å²) in [4.78, 5) is 15.9. The number of thiazole rings is 1. The molecule has 0 fully saturated rings. The molecule has 0 aliphatic carbocycles. The fourth-order valence-electron chi connectivity index (χ4n) is 1.98. The largest absolute Gasteiger partial charge is 0.416 e. The van der Waals surface area contributed by atoms with Crippen molar-refractivity contribution >= 4 is 37.4 Å². The molecular formula is C15H7F4NO4S2. The van der Waals surface area contributed by atoms with Crippen molar-refractivity contribution < 1.29 is 35.5 Å². The molecule has 0 atom stereocenters. The van der Waals surface area contributed by atoms with Gasteiger partial charge in [0.25, 0.3) is 0 Å². The van der Waals surface area contributed by atoms with Crippen molar-refractivity contribution in [2.75, 3.05) is 6.26 Å². The number of carbonyl (C=O) groups excluding carboxylic acids is 1. The molecule has 11 heteroatoms. The van der Waals surface area contributed by atoms with E-state index in [2.05, 4.69) is 9.72 Å². The van der Waals surface area contributed by atoms with Crippen molar-refractivity contribution in [3.8, 4) is 5.75 Å². The highest BCUT2D eigenvalue weighted by Crippen LogP contribution is 2.29. The Labute approximate surface area is 147 Å². The average molecular weight is 405 g/mol. The number of halogens is 4. The third kappa shape index (κ3) is 3.27. The summed E-state index contributed by atoms with van der Waals surface area (Å²) >= 11 is 0.778. The Morgan fingerprint density at radius 1 is 1.08 bits per heavy atom. The SMILES string of the molecule is CS(=O)(=O)c1nc2ccc(C(=O)Oc3c(F)c(F)cc(F)c3F)cc2s1. The summed E-state index contributed by atoms with van der Waals surface area (Å²) in [6.45, 7) is 0. The Kier molecular flexibility index (Phi) is 4.44. The molecule has 0 unspecified atom stereocenters. The monoisotopic (exact) mass is 405 g/mol. The lowest BCUT2D eigenvalue weighted by molar-refractivity contribution is 0.0717. The fourth-order valence-corrected chi connectivity index (χ4v) is 3.86. The van der Waals surface area contributed by atoms with Crippen molar-refractivity contribution in [1.82, 2.24) is 4.98 Å². The second kappa shape index (κ2) is 6.32. The molecular weight excluding hydrogens is 398 g/mol. The molecule has 0 amide bonds. The summed E-state index contributed by atoms with van der Waals surface area (Å²) in [7, 11) is -3.56. The lowest BCUT2D eigenvalue weighted by Crippen LogP contribution is -2.12. The Bertz CT molecular complexity index is 1130. The van der Waals surface area contributed by atoms with Crippen LogP contribution in [0.1, 0.15) is 10.4 Å². The standard InChI is InChI=1S/C15H7F4NO4S2/c1-26(22,23)15-20-9-3-2-6(4-10(9)25-15)14(21)24-13-11(18)7(16)5-8(17)12(13)19/h2-5H,1H3. The summed E-state index contributed by atoms with van der Waals surface area (Å²) in [5.74, 6) is -9.94. The van der Waals surface area contributed by atoms with E-state index in [9.17, 15) is 30.8 Å². The fraction of sp³-hybridized carbons (Fsp3) is 0.0667. The molecule has 0 spiro atoms. The number of benzene rings is 2. The molecule has 0 aliphatic heterocycles. The van der Waals surface area contributed by atoms with Gasteiger partial charge in [-0.25, -0.2) is 27.0 Å². The molecule has 0 bridgehead atoms.